The molecular weight excluding hydrogens is 777 g/mol. The quantitative estimate of drug-likeness (QED) is 0.0892. The lowest BCUT2D eigenvalue weighted by Crippen LogP contribution is -2.67. The molecule has 1 saturated carbocycles. The smallest absolute Gasteiger partial charge is 0.315 e. The van der Waals surface area contributed by atoms with Gasteiger partial charge in [-0.2, -0.15) is 0 Å². The minimum Gasteiger partial charge on any atom is -0.379 e. The number of halogens is 1. The van der Waals surface area contributed by atoms with E-state index >= 15 is 0 Å². The van der Waals surface area contributed by atoms with Crippen LogP contribution in [0, 0.1) is 11.3 Å². The van der Waals surface area contributed by atoms with Crippen LogP contribution < -0.4 is 21.3 Å². The Kier molecular flexibility index (Phi) is 14.7. The van der Waals surface area contributed by atoms with E-state index in [-0.39, 0.29) is 44.4 Å². The van der Waals surface area contributed by atoms with Gasteiger partial charge in [0.15, 0.2) is 9.84 Å². The van der Waals surface area contributed by atoms with E-state index in [1.54, 1.807) is 0 Å². The number of unbranched alkanes of at least 4 members (excludes halogenated alkanes) is 1. The number of sulfone groups is 1. The van der Waals surface area contributed by atoms with Gasteiger partial charge in [-0.3, -0.25) is 19.2 Å². The molecule has 4 N–H and O–H groups in total. The van der Waals surface area contributed by atoms with E-state index in [1.165, 1.54) is 11.0 Å². The summed E-state index contributed by atoms with van der Waals surface area (Å²) in [5.41, 5.74) is -1.83. The van der Waals surface area contributed by atoms with E-state index in [0.29, 0.717) is 25.7 Å². The number of Topliss-reactive ketones (excluding diaryl/α,β-unsaturated/α-hetero) is 1. The Morgan fingerprint density at radius 1 is 1.06 bits per heavy atom. The molecule has 0 bridgehead atoms. The highest BCUT2D eigenvalue weighted by Gasteiger charge is 2.52. The third kappa shape index (κ3) is 10.4. The number of amides is 5. The van der Waals surface area contributed by atoms with Crippen LogP contribution >= 0.6 is 22.6 Å². The second-order valence-corrected chi connectivity index (χ2v) is 20.6. The number of nitrogens with zero attached hydrogens (tertiary/aromatic N) is 1. The van der Waals surface area contributed by atoms with E-state index in [2.05, 4.69) is 50.4 Å². The summed E-state index contributed by atoms with van der Waals surface area (Å²) < 4.78 is 31.6. The van der Waals surface area contributed by atoms with E-state index < -0.39 is 77.1 Å². The number of ether oxygens (including phenoxy) is 1. The second kappa shape index (κ2) is 17.5. The number of likely N-dealkylation sites (tertiary alicyclic amines) is 1. The van der Waals surface area contributed by atoms with Gasteiger partial charge in [-0.25, -0.2) is 13.2 Å². The maximum absolute atomic E-state index is 14.6. The van der Waals surface area contributed by atoms with Crippen molar-refractivity contribution >= 4 is 62.0 Å². The van der Waals surface area contributed by atoms with Crippen LogP contribution in [-0.2, 0) is 33.8 Å². The molecule has 2 heterocycles. The standard InChI is InChI=1S/C35H58IN5O8S/c1-8-10-14-24(27(42)30(44)37-18-9-2)38-29(43)26-23(34(6,7)36)15-19-41(26)31(45)28(33(3,4)5)39-32(46)40-35(16-12-11-13-17-35)25-22-49-20-21-50(25,47)48/h9,23-26,28H,2,8,10-22H2,1,3-7H3,(H,37,44)(H,38,43)(H2,39,40,46)/t23-,24-,25?,26-,28+/m0/s1. The van der Waals surface area contributed by atoms with Crippen molar-refractivity contribution in [1.82, 2.24) is 26.2 Å². The summed E-state index contributed by atoms with van der Waals surface area (Å²) in [7, 11) is -3.52. The third-order valence-electron chi connectivity index (χ3n) is 10.3. The molecule has 2 aliphatic heterocycles. The van der Waals surface area contributed by atoms with Crippen molar-refractivity contribution in [3.05, 3.63) is 12.7 Å². The first kappa shape index (κ1) is 42.1. The fourth-order valence-corrected chi connectivity index (χ4v) is 10.0. The number of carbonyl (C=O) groups is 5. The highest BCUT2D eigenvalue weighted by molar-refractivity contribution is 14.1. The molecule has 0 aromatic rings. The van der Waals surface area contributed by atoms with E-state index in [4.69, 9.17) is 4.74 Å². The number of rotatable bonds is 14. The highest BCUT2D eigenvalue weighted by atomic mass is 127. The summed E-state index contributed by atoms with van der Waals surface area (Å²) >= 11 is 2.27. The summed E-state index contributed by atoms with van der Waals surface area (Å²) in [6.07, 6.45) is 6.97. The number of nitrogens with one attached hydrogen (secondary N) is 4. The third-order valence-corrected chi connectivity index (χ3v) is 13.3. The Balaban J connectivity index is 1.91. The lowest BCUT2D eigenvalue weighted by Gasteiger charge is -2.45. The van der Waals surface area contributed by atoms with Crippen molar-refractivity contribution in [3.8, 4) is 0 Å². The summed E-state index contributed by atoms with van der Waals surface area (Å²) in [6, 6.07) is -3.76. The Labute approximate surface area is 311 Å². The van der Waals surface area contributed by atoms with Gasteiger partial charge in [0.2, 0.25) is 17.6 Å². The van der Waals surface area contributed by atoms with Gasteiger partial charge in [-0.15, -0.1) is 6.58 Å². The molecule has 5 amide bonds. The Morgan fingerprint density at radius 3 is 2.28 bits per heavy atom. The second-order valence-electron chi connectivity index (χ2n) is 15.5. The zero-order valence-electron chi connectivity index (χ0n) is 30.6. The van der Waals surface area contributed by atoms with Gasteiger partial charge < -0.3 is 30.9 Å². The lowest BCUT2D eigenvalue weighted by atomic mass is 9.79. The summed E-state index contributed by atoms with van der Waals surface area (Å²) in [6.45, 7) is 15.4. The first-order valence-corrected chi connectivity index (χ1v) is 20.7. The van der Waals surface area contributed by atoms with Crippen molar-refractivity contribution in [3.63, 3.8) is 0 Å². The maximum Gasteiger partial charge on any atom is 0.315 e. The summed E-state index contributed by atoms with van der Waals surface area (Å²) in [5.74, 6) is -2.96. The molecule has 0 aromatic heterocycles. The van der Waals surface area contributed by atoms with Crippen molar-refractivity contribution in [1.29, 1.82) is 0 Å². The van der Waals surface area contributed by atoms with Crippen LogP contribution in [0.4, 0.5) is 4.79 Å². The van der Waals surface area contributed by atoms with Crippen LogP contribution in [0.5, 0.6) is 0 Å². The van der Waals surface area contributed by atoms with E-state index in [9.17, 15) is 32.4 Å². The molecule has 50 heavy (non-hydrogen) atoms. The molecule has 1 aliphatic carbocycles. The number of ketones is 1. The van der Waals surface area contributed by atoms with Crippen LogP contribution in [0.25, 0.3) is 0 Å². The number of urea groups is 1. The molecule has 0 radical (unpaired) electrons. The van der Waals surface area contributed by atoms with Crippen LogP contribution in [0.3, 0.4) is 0 Å². The Bertz CT molecular complexity index is 1370. The highest BCUT2D eigenvalue weighted by Crippen LogP contribution is 2.40. The van der Waals surface area contributed by atoms with Gasteiger partial charge in [0, 0.05) is 22.4 Å². The van der Waals surface area contributed by atoms with Crippen molar-refractivity contribution < 1.29 is 37.1 Å². The van der Waals surface area contributed by atoms with Gasteiger partial charge in [0.1, 0.15) is 17.3 Å². The van der Waals surface area contributed by atoms with Crippen molar-refractivity contribution in [2.75, 3.05) is 32.1 Å². The molecule has 13 nitrogen and oxygen atoms in total. The molecule has 3 rings (SSSR count). The number of hydrogen-bond donors (Lipinski definition) is 4. The normalized spacial score (nSPS) is 24.7. The molecule has 5 atom stereocenters. The molecule has 0 aromatic carbocycles. The van der Waals surface area contributed by atoms with Gasteiger partial charge in [-0.1, -0.05) is 102 Å². The van der Waals surface area contributed by atoms with Crippen LogP contribution in [0.15, 0.2) is 12.7 Å². The molecule has 3 aliphatic rings. The lowest BCUT2D eigenvalue weighted by molar-refractivity contribution is -0.144. The summed E-state index contributed by atoms with van der Waals surface area (Å²) in [4.78, 5) is 69.9. The van der Waals surface area contributed by atoms with Crippen molar-refractivity contribution in [2.45, 2.75) is 132 Å². The van der Waals surface area contributed by atoms with Gasteiger partial charge >= 0.3 is 6.03 Å². The number of carbonyl (C=O) groups excluding carboxylic acids is 5. The number of alkyl halides is 1. The van der Waals surface area contributed by atoms with E-state index in [1.807, 2.05) is 41.5 Å². The molecular formula is C35H58IN5O8S. The Hall–Kier alpha value is -2.27. The van der Waals surface area contributed by atoms with Gasteiger partial charge in [-0.05, 0) is 31.1 Å². The van der Waals surface area contributed by atoms with E-state index in [0.717, 1.165) is 25.7 Å². The fourth-order valence-electron chi connectivity index (χ4n) is 7.46. The largest absolute Gasteiger partial charge is 0.379 e. The van der Waals surface area contributed by atoms with Crippen LogP contribution in [-0.4, -0.2) is 107 Å². The van der Waals surface area contributed by atoms with Gasteiger partial charge in [0.05, 0.1) is 30.5 Å². The molecule has 284 valence electrons. The molecule has 15 heteroatoms. The average molecular weight is 836 g/mol. The van der Waals surface area contributed by atoms with Crippen LogP contribution in [0.2, 0.25) is 0 Å². The zero-order chi connectivity index (χ0) is 37.5. The maximum atomic E-state index is 14.6. The topological polar surface area (TPSA) is 180 Å². The Morgan fingerprint density at radius 2 is 1.72 bits per heavy atom. The first-order chi connectivity index (χ1) is 23.3. The first-order valence-electron chi connectivity index (χ1n) is 17.9. The molecule has 0 spiro atoms. The van der Waals surface area contributed by atoms with Crippen molar-refractivity contribution in [2.24, 2.45) is 11.3 Å². The molecule has 3 fully saturated rings. The summed E-state index contributed by atoms with van der Waals surface area (Å²) in [5, 5.41) is 10.3. The number of hydrogen-bond acceptors (Lipinski definition) is 8. The predicted octanol–water partition coefficient (Wildman–Crippen LogP) is 3.19. The zero-order valence-corrected chi connectivity index (χ0v) is 33.5. The molecule has 1 unspecified atom stereocenters. The average Bonchev–Trinajstić information content (AvgIpc) is 3.50. The van der Waals surface area contributed by atoms with Gasteiger partial charge in [0.25, 0.3) is 5.91 Å². The SMILES string of the molecule is C=CCNC(=O)C(=O)[C@H](CCCC)NC(=O)[C@@H]1[C@@H](C(C)(C)I)CCN1C(=O)[C@@H](NC(=O)NC1(C2COCCS2(=O)=O)CCCCC1)C(C)(C)C. The minimum absolute atomic E-state index is 0.0000424. The monoisotopic (exact) mass is 835 g/mol. The predicted molar refractivity (Wildman–Crippen MR) is 200 cm³/mol. The minimum atomic E-state index is -3.52. The molecule has 2 saturated heterocycles. The fraction of sp³-hybridized carbons (Fsp3) is 0.800. The van der Waals surface area contributed by atoms with Crippen LogP contribution in [0.1, 0.15) is 99.3 Å².